The monoisotopic (exact) mass is 127 g/mol. The molecule has 2 nitrogen and oxygen atoms in total. The summed E-state index contributed by atoms with van der Waals surface area (Å²) in [6, 6.07) is 0. The minimum Gasteiger partial charge on any atom is -0.466 e. The van der Waals surface area contributed by atoms with E-state index >= 15 is 0 Å². The van der Waals surface area contributed by atoms with E-state index in [0.717, 1.165) is 5.76 Å². The molecule has 0 unspecified atom stereocenters. The SMILES string of the molecule is C=C(C)O/C(=C\C)CN. The molecule has 0 fully saturated rings. The second-order valence-electron chi connectivity index (χ2n) is 1.76. The minimum atomic E-state index is 0.434. The Labute approximate surface area is 56.0 Å². The second kappa shape index (κ2) is 4.15. The molecule has 0 bridgehead atoms. The molecule has 0 saturated carbocycles. The van der Waals surface area contributed by atoms with Gasteiger partial charge in [-0.2, -0.15) is 0 Å². The predicted octanol–water partition coefficient (Wildman–Crippen LogP) is 1.40. The molecular weight excluding hydrogens is 114 g/mol. The molecule has 0 amide bonds. The molecule has 0 radical (unpaired) electrons. The zero-order valence-corrected chi connectivity index (χ0v) is 5.98. The molecule has 0 aromatic heterocycles. The molecular formula is C7H13NO. The standard InChI is InChI=1S/C7H13NO/c1-4-7(5-8)9-6(2)3/h4H,2,5,8H2,1,3H3/b7-4-. The highest BCUT2D eigenvalue weighted by atomic mass is 16.5. The van der Waals surface area contributed by atoms with Gasteiger partial charge in [0.05, 0.1) is 12.3 Å². The number of ether oxygens (including phenoxy) is 1. The Morgan fingerprint density at radius 3 is 2.44 bits per heavy atom. The molecule has 0 heterocycles. The molecule has 0 aromatic carbocycles. The molecule has 0 aromatic rings. The Kier molecular flexibility index (Phi) is 3.80. The molecule has 0 aliphatic heterocycles. The van der Waals surface area contributed by atoms with Crippen molar-refractivity contribution in [2.75, 3.05) is 6.54 Å². The number of hydrogen-bond acceptors (Lipinski definition) is 2. The molecule has 2 heteroatoms. The molecule has 0 atom stereocenters. The van der Waals surface area contributed by atoms with Crippen LogP contribution in [0.5, 0.6) is 0 Å². The second-order valence-corrected chi connectivity index (χ2v) is 1.76. The Morgan fingerprint density at radius 1 is 1.78 bits per heavy atom. The van der Waals surface area contributed by atoms with Gasteiger partial charge in [0.25, 0.3) is 0 Å². The van der Waals surface area contributed by atoms with Crippen LogP contribution in [0.2, 0.25) is 0 Å². The van der Waals surface area contributed by atoms with Crippen molar-refractivity contribution in [3.05, 3.63) is 24.2 Å². The van der Waals surface area contributed by atoms with Crippen LogP contribution in [0.3, 0.4) is 0 Å². The zero-order chi connectivity index (χ0) is 7.28. The number of nitrogens with two attached hydrogens (primary N) is 1. The van der Waals surface area contributed by atoms with Gasteiger partial charge in [-0.1, -0.05) is 6.58 Å². The van der Waals surface area contributed by atoms with Gasteiger partial charge in [0.15, 0.2) is 0 Å². The Morgan fingerprint density at radius 2 is 2.33 bits per heavy atom. The van der Waals surface area contributed by atoms with E-state index in [2.05, 4.69) is 6.58 Å². The van der Waals surface area contributed by atoms with Gasteiger partial charge in [-0.3, -0.25) is 0 Å². The van der Waals surface area contributed by atoms with Gasteiger partial charge in [0.2, 0.25) is 0 Å². The van der Waals surface area contributed by atoms with Gasteiger partial charge in [0, 0.05) is 0 Å². The summed E-state index contributed by atoms with van der Waals surface area (Å²) in [5.41, 5.74) is 5.30. The highest BCUT2D eigenvalue weighted by molar-refractivity contribution is 4.96. The third-order valence-corrected chi connectivity index (χ3v) is 0.828. The first-order valence-corrected chi connectivity index (χ1v) is 2.89. The van der Waals surface area contributed by atoms with E-state index in [0.29, 0.717) is 12.3 Å². The summed E-state index contributed by atoms with van der Waals surface area (Å²) in [5, 5.41) is 0. The topological polar surface area (TPSA) is 35.2 Å². The quantitative estimate of drug-likeness (QED) is 0.581. The van der Waals surface area contributed by atoms with Crippen molar-refractivity contribution in [3.8, 4) is 0 Å². The van der Waals surface area contributed by atoms with E-state index in [4.69, 9.17) is 10.5 Å². The molecule has 0 aliphatic carbocycles. The first kappa shape index (κ1) is 8.24. The first-order chi connectivity index (χ1) is 4.20. The average Bonchev–Trinajstić information content (AvgIpc) is 1.82. The normalized spacial score (nSPS) is 11.2. The Bertz CT molecular complexity index is 127. The van der Waals surface area contributed by atoms with Crippen molar-refractivity contribution < 1.29 is 4.74 Å². The van der Waals surface area contributed by atoms with Crippen LogP contribution >= 0.6 is 0 Å². The van der Waals surface area contributed by atoms with E-state index in [1.54, 1.807) is 6.92 Å². The number of rotatable bonds is 3. The van der Waals surface area contributed by atoms with Crippen LogP contribution < -0.4 is 5.73 Å². The fourth-order valence-electron chi connectivity index (χ4n) is 0.442. The number of hydrogen-bond donors (Lipinski definition) is 1. The summed E-state index contributed by atoms with van der Waals surface area (Å²) in [6.45, 7) is 7.68. The largest absolute Gasteiger partial charge is 0.466 e. The smallest absolute Gasteiger partial charge is 0.113 e. The van der Waals surface area contributed by atoms with Crippen LogP contribution in [-0.2, 0) is 4.74 Å². The van der Waals surface area contributed by atoms with Gasteiger partial charge in [-0.05, 0) is 19.9 Å². The summed E-state index contributed by atoms with van der Waals surface area (Å²) >= 11 is 0. The summed E-state index contributed by atoms with van der Waals surface area (Å²) in [4.78, 5) is 0. The van der Waals surface area contributed by atoms with Crippen LogP contribution in [0.15, 0.2) is 24.2 Å². The molecule has 9 heavy (non-hydrogen) atoms. The van der Waals surface area contributed by atoms with Gasteiger partial charge >= 0.3 is 0 Å². The lowest BCUT2D eigenvalue weighted by atomic mass is 10.4. The summed E-state index contributed by atoms with van der Waals surface area (Å²) < 4.78 is 5.09. The highest BCUT2D eigenvalue weighted by Crippen LogP contribution is 2.00. The zero-order valence-electron chi connectivity index (χ0n) is 5.98. The molecule has 2 N–H and O–H groups in total. The van der Waals surface area contributed by atoms with Crippen molar-refractivity contribution in [2.45, 2.75) is 13.8 Å². The Balaban J connectivity index is 3.71. The summed E-state index contributed by atoms with van der Waals surface area (Å²) in [5.74, 6) is 1.44. The first-order valence-electron chi connectivity index (χ1n) is 2.89. The van der Waals surface area contributed by atoms with Crippen LogP contribution in [0.1, 0.15) is 13.8 Å². The molecule has 0 saturated heterocycles. The fourth-order valence-corrected chi connectivity index (χ4v) is 0.442. The van der Waals surface area contributed by atoms with Crippen molar-refractivity contribution in [1.29, 1.82) is 0 Å². The summed E-state index contributed by atoms with van der Waals surface area (Å²) in [7, 11) is 0. The third kappa shape index (κ3) is 3.79. The van der Waals surface area contributed by atoms with Crippen LogP contribution in [0.25, 0.3) is 0 Å². The van der Waals surface area contributed by atoms with E-state index in [1.165, 1.54) is 0 Å². The van der Waals surface area contributed by atoms with Crippen LogP contribution in [0, 0.1) is 0 Å². The lowest BCUT2D eigenvalue weighted by Gasteiger charge is -2.04. The molecule has 0 aliphatic rings. The van der Waals surface area contributed by atoms with E-state index < -0.39 is 0 Å². The maximum absolute atomic E-state index is 5.30. The van der Waals surface area contributed by atoms with Gasteiger partial charge in [0.1, 0.15) is 5.76 Å². The average molecular weight is 127 g/mol. The van der Waals surface area contributed by atoms with Crippen molar-refractivity contribution in [1.82, 2.24) is 0 Å². The van der Waals surface area contributed by atoms with Crippen molar-refractivity contribution >= 4 is 0 Å². The number of allylic oxidation sites excluding steroid dienone is 2. The molecule has 0 rings (SSSR count). The van der Waals surface area contributed by atoms with Gasteiger partial charge in [-0.25, -0.2) is 0 Å². The van der Waals surface area contributed by atoms with Gasteiger partial charge < -0.3 is 10.5 Å². The van der Waals surface area contributed by atoms with E-state index in [1.807, 2.05) is 13.0 Å². The lowest BCUT2D eigenvalue weighted by molar-refractivity contribution is 0.303. The van der Waals surface area contributed by atoms with E-state index in [-0.39, 0.29) is 0 Å². The van der Waals surface area contributed by atoms with Crippen LogP contribution in [0.4, 0.5) is 0 Å². The van der Waals surface area contributed by atoms with Crippen LogP contribution in [-0.4, -0.2) is 6.54 Å². The van der Waals surface area contributed by atoms with Crippen molar-refractivity contribution in [2.24, 2.45) is 5.73 Å². The summed E-state index contributed by atoms with van der Waals surface area (Å²) in [6.07, 6.45) is 1.83. The highest BCUT2D eigenvalue weighted by Gasteiger charge is 1.90. The minimum absolute atomic E-state index is 0.434. The van der Waals surface area contributed by atoms with Gasteiger partial charge in [-0.15, -0.1) is 0 Å². The van der Waals surface area contributed by atoms with E-state index in [9.17, 15) is 0 Å². The third-order valence-electron chi connectivity index (χ3n) is 0.828. The molecule has 52 valence electrons. The maximum Gasteiger partial charge on any atom is 0.113 e. The maximum atomic E-state index is 5.30. The predicted molar refractivity (Wildman–Crippen MR) is 38.7 cm³/mol. The lowest BCUT2D eigenvalue weighted by Crippen LogP contribution is -2.04. The fraction of sp³-hybridized carbons (Fsp3) is 0.429. The molecule has 0 spiro atoms. The van der Waals surface area contributed by atoms with Crippen molar-refractivity contribution in [3.63, 3.8) is 0 Å². The Hall–Kier alpha value is -0.760.